The van der Waals surface area contributed by atoms with Gasteiger partial charge in [0, 0.05) is 18.3 Å². The second-order valence-electron chi connectivity index (χ2n) is 5.20. The number of hydrogen-bond acceptors (Lipinski definition) is 3. The normalized spacial score (nSPS) is 22.1. The summed E-state index contributed by atoms with van der Waals surface area (Å²) >= 11 is 0. The molecule has 1 fully saturated rings. The standard InChI is InChI=1S/C15H21N3O2/c1-10-4-3-9-17-13(10)15(20)18-12-7-5-11(6-8-12)14(19)16-2/h5-8,10,13,17H,3-4,9H2,1-2H3,(H,16,19)(H,18,20). The van der Waals surface area contributed by atoms with E-state index in [-0.39, 0.29) is 17.9 Å². The monoisotopic (exact) mass is 275 g/mol. The maximum atomic E-state index is 12.2. The van der Waals surface area contributed by atoms with Gasteiger partial charge in [-0.05, 0) is 49.6 Å². The van der Waals surface area contributed by atoms with Crippen molar-refractivity contribution in [3.8, 4) is 0 Å². The third-order valence-corrected chi connectivity index (χ3v) is 3.69. The van der Waals surface area contributed by atoms with Crippen LogP contribution in [-0.4, -0.2) is 31.4 Å². The lowest BCUT2D eigenvalue weighted by Gasteiger charge is -2.28. The summed E-state index contributed by atoms with van der Waals surface area (Å²) in [6.07, 6.45) is 2.19. The average molecular weight is 275 g/mol. The first-order valence-electron chi connectivity index (χ1n) is 6.98. The molecule has 1 saturated heterocycles. The number of amides is 2. The summed E-state index contributed by atoms with van der Waals surface area (Å²) in [5.74, 6) is 0.198. The average Bonchev–Trinajstić information content (AvgIpc) is 2.47. The molecular formula is C15H21N3O2. The van der Waals surface area contributed by atoms with Crippen LogP contribution in [0.15, 0.2) is 24.3 Å². The summed E-state index contributed by atoms with van der Waals surface area (Å²) < 4.78 is 0. The third-order valence-electron chi connectivity index (χ3n) is 3.69. The summed E-state index contributed by atoms with van der Waals surface area (Å²) in [6.45, 7) is 2.98. The van der Waals surface area contributed by atoms with Gasteiger partial charge in [0.05, 0.1) is 6.04 Å². The predicted octanol–water partition coefficient (Wildman–Crippen LogP) is 1.37. The second kappa shape index (κ2) is 6.52. The molecule has 1 aromatic rings. The Bertz CT molecular complexity index is 484. The van der Waals surface area contributed by atoms with Crippen LogP contribution in [0.3, 0.4) is 0 Å². The van der Waals surface area contributed by atoms with Crippen molar-refractivity contribution in [1.29, 1.82) is 0 Å². The lowest BCUT2D eigenvalue weighted by atomic mass is 9.92. The quantitative estimate of drug-likeness (QED) is 0.780. The van der Waals surface area contributed by atoms with Gasteiger partial charge in [-0.25, -0.2) is 0 Å². The molecule has 108 valence electrons. The van der Waals surface area contributed by atoms with Crippen LogP contribution in [0.2, 0.25) is 0 Å². The topological polar surface area (TPSA) is 70.2 Å². The minimum absolute atomic E-state index is 0.00936. The van der Waals surface area contributed by atoms with Gasteiger partial charge < -0.3 is 16.0 Å². The fourth-order valence-corrected chi connectivity index (χ4v) is 2.47. The number of hydrogen-bond donors (Lipinski definition) is 3. The number of rotatable bonds is 3. The molecule has 2 atom stereocenters. The molecule has 1 aliphatic heterocycles. The van der Waals surface area contributed by atoms with Gasteiger partial charge in [-0.1, -0.05) is 6.92 Å². The number of anilines is 1. The molecule has 1 heterocycles. The van der Waals surface area contributed by atoms with E-state index in [2.05, 4.69) is 22.9 Å². The zero-order chi connectivity index (χ0) is 14.5. The van der Waals surface area contributed by atoms with Crippen LogP contribution < -0.4 is 16.0 Å². The lowest BCUT2D eigenvalue weighted by Crippen LogP contribution is -2.48. The van der Waals surface area contributed by atoms with Crippen molar-refractivity contribution in [2.75, 3.05) is 18.9 Å². The van der Waals surface area contributed by atoms with E-state index in [0.717, 1.165) is 19.4 Å². The molecule has 3 N–H and O–H groups in total. The summed E-state index contributed by atoms with van der Waals surface area (Å²) in [5.41, 5.74) is 1.29. The number of carbonyl (C=O) groups excluding carboxylic acids is 2. The van der Waals surface area contributed by atoms with Crippen LogP contribution in [0.4, 0.5) is 5.69 Å². The molecule has 2 amide bonds. The Hall–Kier alpha value is -1.88. The highest BCUT2D eigenvalue weighted by molar-refractivity contribution is 5.97. The zero-order valence-electron chi connectivity index (χ0n) is 11.9. The van der Waals surface area contributed by atoms with E-state index in [0.29, 0.717) is 17.2 Å². The lowest BCUT2D eigenvalue weighted by molar-refractivity contribution is -0.119. The molecule has 0 bridgehead atoms. The number of nitrogens with one attached hydrogen (secondary N) is 3. The van der Waals surface area contributed by atoms with E-state index in [1.807, 2.05) is 0 Å². The predicted molar refractivity (Wildman–Crippen MR) is 78.7 cm³/mol. The highest BCUT2D eigenvalue weighted by Crippen LogP contribution is 2.17. The maximum Gasteiger partial charge on any atom is 0.251 e. The summed E-state index contributed by atoms with van der Waals surface area (Å²) in [4.78, 5) is 23.6. The van der Waals surface area contributed by atoms with Crippen molar-refractivity contribution >= 4 is 17.5 Å². The summed E-state index contributed by atoms with van der Waals surface area (Å²) in [7, 11) is 1.59. The third kappa shape index (κ3) is 3.36. The molecule has 1 aromatic carbocycles. The van der Waals surface area contributed by atoms with Gasteiger partial charge in [-0.2, -0.15) is 0 Å². The van der Waals surface area contributed by atoms with E-state index in [4.69, 9.17) is 0 Å². The molecule has 2 unspecified atom stereocenters. The molecule has 0 saturated carbocycles. The van der Waals surface area contributed by atoms with Crippen molar-refractivity contribution in [1.82, 2.24) is 10.6 Å². The minimum Gasteiger partial charge on any atom is -0.355 e. The van der Waals surface area contributed by atoms with Gasteiger partial charge in [-0.3, -0.25) is 9.59 Å². The number of carbonyl (C=O) groups is 2. The molecule has 2 rings (SSSR count). The van der Waals surface area contributed by atoms with Gasteiger partial charge in [-0.15, -0.1) is 0 Å². The SMILES string of the molecule is CNC(=O)c1ccc(NC(=O)C2NCCCC2C)cc1. The number of piperidine rings is 1. The first kappa shape index (κ1) is 14.5. The van der Waals surface area contributed by atoms with Gasteiger partial charge >= 0.3 is 0 Å². The first-order valence-corrected chi connectivity index (χ1v) is 6.98. The van der Waals surface area contributed by atoms with Gasteiger partial charge in [0.25, 0.3) is 5.91 Å². The zero-order valence-corrected chi connectivity index (χ0v) is 11.9. The molecule has 0 radical (unpaired) electrons. The Balaban J connectivity index is 1.99. The van der Waals surface area contributed by atoms with Crippen molar-refractivity contribution in [3.05, 3.63) is 29.8 Å². The molecule has 20 heavy (non-hydrogen) atoms. The van der Waals surface area contributed by atoms with Crippen LogP contribution in [0.1, 0.15) is 30.1 Å². The second-order valence-corrected chi connectivity index (χ2v) is 5.20. The van der Waals surface area contributed by atoms with Crippen LogP contribution in [0, 0.1) is 5.92 Å². The minimum atomic E-state index is -0.137. The maximum absolute atomic E-state index is 12.2. The summed E-state index contributed by atoms with van der Waals surface area (Å²) in [5, 5.41) is 8.71. The fraction of sp³-hybridized carbons (Fsp3) is 0.467. The Kier molecular flexibility index (Phi) is 4.74. The highest BCUT2D eigenvalue weighted by Gasteiger charge is 2.27. The van der Waals surface area contributed by atoms with Crippen molar-refractivity contribution < 1.29 is 9.59 Å². The van der Waals surface area contributed by atoms with E-state index >= 15 is 0 Å². The van der Waals surface area contributed by atoms with Crippen molar-refractivity contribution in [2.24, 2.45) is 5.92 Å². The van der Waals surface area contributed by atoms with Crippen LogP contribution in [-0.2, 0) is 4.79 Å². The first-order chi connectivity index (χ1) is 9.61. The fourth-order valence-electron chi connectivity index (χ4n) is 2.47. The largest absolute Gasteiger partial charge is 0.355 e. The Morgan fingerprint density at radius 3 is 2.55 bits per heavy atom. The molecule has 0 aromatic heterocycles. The molecule has 0 spiro atoms. The molecular weight excluding hydrogens is 254 g/mol. The molecule has 0 aliphatic carbocycles. The molecule has 1 aliphatic rings. The molecule has 5 heteroatoms. The van der Waals surface area contributed by atoms with Crippen molar-refractivity contribution in [2.45, 2.75) is 25.8 Å². The Labute approximate surface area is 119 Å². The van der Waals surface area contributed by atoms with Gasteiger partial charge in [0.1, 0.15) is 0 Å². The summed E-state index contributed by atoms with van der Waals surface area (Å²) in [6, 6.07) is 6.76. The van der Waals surface area contributed by atoms with E-state index in [1.54, 1.807) is 31.3 Å². The number of benzene rings is 1. The van der Waals surface area contributed by atoms with Gasteiger partial charge in [0.2, 0.25) is 5.91 Å². The van der Waals surface area contributed by atoms with Crippen LogP contribution >= 0.6 is 0 Å². The van der Waals surface area contributed by atoms with E-state index < -0.39 is 0 Å². The van der Waals surface area contributed by atoms with Crippen LogP contribution in [0.5, 0.6) is 0 Å². The van der Waals surface area contributed by atoms with Crippen LogP contribution in [0.25, 0.3) is 0 Å². The Morgan fingerprint density at radius 2 is 1.95 bits per heavy atom. The van der Waals surface area contributed by atoms with E-state index in [1.165, 1.54) is 0 Å². The van der Waals surface area contributed by atoms with Crippen molar-refractivity contribution in [3.63, 3.8) is 0 Å². The smallest absolute Gasteiger partial charge is 0.251 e. The highest BCUT2D eigenvalue weighted by atomic mass is 16.2. The molecule has 5 nitrogen and oxygen atoms in total. The Morgan fingerprint density at radius 1 is 1.25 bits per heavy atom. The van der Waals surface area contributed by atoms with Gasteiger partial charge in [0.15, 0.2) is 0 Å². The van der Waals surface area contributed by atoms with E-state index in [9.17, 15) is 9.59 Å².